The Morgan fingerprint density at radius 2 is 2.05 bits per heavy atom. The Morgan fingerprint density at radius 1 is 1.24 bits per heavy atom. The van der Waals surface area contributed by atoms with Crippen molar-refractivity contribution in [2.75, 3.05) is 5.73 Å². The molecule has 2 heterocycles. The van der Waals surface area contributed by atoms with Crippen LogP contribution in [0.5, 0.6) is 0 Å². The van der Waals surface area contributed by atoms with Crippen molar-refractivity contribution in [1.29, 1.82) is 10.5 Å². The number of fused-ring (bicyclic) bond motifs is 1. The zero-order valence-electron chi connectivity index (χ0n) is 11.0. The van der Waals surface area contributed by atoms with Gasteiger partial charge in [-0.2, -0.15) is 10.5 Å². The first-order valence-corrected chi connectivity index (χ1v) is 6.24. The molecule has 0 unspecified atom stereocenters. The second-order valence-corrected chi connectivity index (χ2v) is 4.44. The molecular weight excluding hydrogens is 264 g/mol. The van der Waals surface area contributed by atoms with Crippen LogP contribution in [-0.4, -0.2) is 14.5 Å². The summed E-state index contributed by atoms with van der Waals surface area (Å²) in [6.07, 6.45) is 1.62. The van der Waals surface area contributed by atoms with Gasteiger partial charge in [0.05, 0.1) is 41.0 Å². The maximum Gasteiger partial charge on any atom is 0.156 e. The molecule has 2 aromatic heterocycles. The van der Waals surface area contributed by atoms with E-state index in [1.165, 1.54) is 6.20 Å². The van der Waals surface area contributed by atoms with Crippen molar-refractivity contribution >= 4 is 16.7 Å². The molecule has 1 aromatic carbocycles. The minimum absolute atomic E-state index is 0.131. The summed E-state index contributed by atoms with van der Waals surface area (Å²) in [5.74, 6) is 0.984. The molecule has 6 heteroatoms. The quantitative estimate of drug-likeness (QED) is 0.768. The van der Waals surface area contributed by atoms with Crippen LogP contribution < -0.4 is 5.73 Å². The fraction of sp³-hybridized carbons (Fsp3) is 0.0667. The van der Waals surface area contributed by atoms with Crippen molar-refractivity contribution < 1.29 is 0 Å². The molecular formula is C15H10N6. The third-order valence-corrected chi connectivity index (χ3v) is 3.09. The number of imidazole rings is 1. The SMILES string of the molecule is N#CCc1nc2ccccc2n1-c1ncc(N)cc1C#N. The smallest absolute Gasteiger partial charge is 0.156 e. The molecule has 6 nitrogen and oxygen atoms in total. The lowest BCUT2D eigenvalue weighted by Crippen LogP contribution is -2.06. The van der Waals surface area contributed by atoms with Gasteiger partial charge in [-0.05, 0) is 18.2 Å². The molecule has 0 aliphatic rings. The molecule has 0 atom stereocenters. The van der Waals surface area contributed by atoms with E-state index in [1.807, 2.05) is 24.3 Å². The largest absolute Gasteiger partial charge is 0.397 e. The van der Waals surface area contributed by atoms with Gasteiger partial charge in [0, 0.05) is 0 Å². The van der Waals surface area contributed by atoms with E-state index in [-0.39, 0.29) is 6.42 Å². The molecule has 0 saturated carbocycles. The number of anilines is 1. The first-order chi connectivity index (χ1) is 10.2. The van der Waals surface area contributed by atoms with Crippen LogP contribution in [0.1, 0.15) is 11.4 Å². The Morgan fingerprint density at radius 3 is 2.81 bits per heavy atom. The van der Waals surface area contributed by atoms with Crippen LogP contribution in [0.25, 0.3) is 16.9 Å². The van der Waals surface area contributed by atoms with E-state index >= 15 is 0 Å². The van der Waals surface area contributed by atoms with Crippen molar-refractivity contribution in [2.24, 2.45) is 0 Å². The zero-order valence-corrected chi connectivity index (χ0v) is 11.0. The zero-order chi connectivity index (χ0) is 14.8. The minimum atomic E-state index is 0.131. The van der Waals surface area contributed by atoms with Gasteiger partial charge in [-0.25, -0.2) is 9.97 Å². The highest BCUT2D eigenvalue weighted by Crippen LogP contribution is 2.23. The molecule has 0 amide bonds. The summed E-state index contributed by atoms with van der Waals surface area (Å²) >= 11 is 0. The van der Waals surface area contributed by atoms with Gasteiger partial charge in [0.15, 0.2) is 5.82 Å². The molecule has 0 bridgehead atoms. The van der Waals surface area contributed by atoms with Gasteiger partial charge in [0.25, 0.3) is 0 Å². The molecule has 0 aliphatic heterocycles. The van der Waals surface area contributed by atoms with Gasteiger partial charge in [-0.1, -0.05) is 12.1 Å². The summed E-state index contributed by atoms with van der Waals surface area (Å²) in [4.78, 5) is 8.69. The average Bonchev–Trinajstić information content (AvgIpc) is 2.85. The highest BCUT2D eigenvalue weighted by Gasteiger charge is 2.16. The predicted octanol–water partition coefficient (Wildman–Crippen LogP) is 1.94. The first kappa shape index (κ1) is 12.6. The first-order valence-electron chi connectivity index (χ1n) is 6.24. The van der Waals surface area contributed by atoms with E-state index in [0.29, 0.717) is 22.9 Å². The molecule has 3 aromatic rings. The number of hydrogen-bond acceptors (Lipinski definition) is 5. The number of nitrogens with zero attached hydrogens (tertiary/aromatic N) is 5. The maximum absolute atomic E-state index is 9.29. The Balaban J connectivity index is 2.37. The average molecular weight is 274 g/mol. The predicted molar refractivity (Wildman–Crippen MR) is 77.3 cm³/mol. The highest BCUT2D eigenvalue weighted by molar-refractivity contribution is 5.78. The third-order valence-electron chi connectivity index (χ3n) is 3.09. The van der Waals surface area contributed by atoms with E-state index in [0.717, 1.165) is 11.0 Å². The maximum atomic E-state index is 9.29. The van der Waals surface area contributed by atoms with E-state index in [2.05, 4.69) is 22.1 Å². The van der Waals surface area contributed by atoms with Crippen LogP contribution in [0, 0.1) is 22.7 Å². The summed E-state index contributed by atoms with van der Waals surface area (Å²) in [7, 11) is 0. The second kappa shape index (κ2) is 4.95. The number of nitriles is 2. The van der Waals surface area contributed by atoms with Gasteiger partial charge in [0.2, 0.25) is 0 Å². The lowest BCUT2D eigenvalue weighted by molar-refractivity contribution is 0.918. The van der Waals surface area contributed by atoms with Gasteiger partial charge in [0.1, 0.15) is 11.9 Å². The van der Waals surface area contributed by atoms with Crippen molar-refractivity contribution in [3.63, 3.8) is 0 Å². The standard InChI is InChI=1S/C15H10N6/c16-6-5-14-20-12-3-1-2-4-13(12)21(14)15-10(8-17)7-11(18)9-19-15/h1-4,7,9H,5,18H2. The molecule has 100 valence electrons. The summed E-state index contributed by atoms with van der Waals surface area (Å²) in [5, 5.41) is 18.3. The fourth-order valence-electron chi connectivity index (χ4n) is 2.24. The molecule has 2 N–H and O–H groups in total. The van der Waals surface area contributed by atoms with Gasteiger partial charge < -0.3 is 5.73 Å². The number of aromatic nitrogens is 3. The normalized spacial score (nSPS) is 10.2. The van der Waals surface area contributed by atoms with Crippen molar-refractivity contribution in [2.45, 2.75) is 6.42 Å². The van der Waals surface area contributed by atoms with Gasteiger partial charge in [-0.3, -0.25) is 4.57 Å². The molecule has 0 fully saturated rings. The Hall–Kier alpha value is -3.38. The van der Waals surface area contributed by atoms with Crippen LogP contribution in [0.15, 0.2) is 36.5 Å². The van der Waals surface area contributed by atoms with Gasteiger partial charge >= 0.3 is 0 Å². The number of nitrogens with two attached hydrogens (primary N) is 1. The van der Waals surface area contributed by atoms with Crippen LogP contribution >= 0.6 is 0 Å². The summed E-state index contributed by atoms with van der Waals surface area (Å²) in [6.45, 7) is 0. The molecule has 0 radical (unpaired) electrons. The summed E-state index contributed by atoms with van der Waals surface area (Å²) in [6, 6.07) is 13.2. The fourth-order valence-corrected chi connectivity index (χ4v) is 2.24. The number of benzene rings is 1. The van der Waals surface area contributed by atoms with Crippen molar-refractivity contribution in [1.82, 2.24) is 14.5 Å². The van der Waals surface area contributed by atoms with Crippen molar-refractivity contribution in [3.05, 3.63) is 47.9 Å². The van der Waals surface area contributed by atoms with Crippen LogP contribution in [0.2, 0.25) is 0 Å². The lowest BCUT2D eigenvalue weighted by Gasteiger charge is -2.08. The highest BCUT2D eigenvalue weighted by atomic mass is 15.1. The third kappa shape index (κ3) is 2.05. The number of para-hydroxylation sites is 2. The van der Waals surface area contributed by atoms with Gasteiger partial charge in [-0.15, -0.1) is 0 Å². The van der Waals surface area contributed by atoms with E-state index in [4.69, 9.17) is 11.0 Å². The van der Waals surface area contributed by atoms with E-state index in [1.54, 1.807) is 10.6 Å². The summed E-state index contributed by atoms with van der Waals surface area (Å²) < 4.78 is 1.73. The monoisotopic (exact) mass is 274 g/mol. The molecule has 3 rings (SSSR count). The van der Waals surface area contributed by atoms with E-state index < -0.39 is 0 Å². The topological polar surface area (TPSA) is 104 Å². The lowest BCUT2D eigenvalue weighted by atomic mass is 10.2. The number of pyridine rings is 1. The molecule has 21 heavy (non-hydrogen) atoms. The summed E-state index contributed by atoms with van der Waals surface area (Å²) in [5.41, 5.74) is 8.00. The van der Waals surface area contributed by atoms with Crippen LogP contribution in [-0.2, 0) is 6.42 Å². The number of nitrogen functional groups attached to an aromatic ring is 1. The molecule has 0 spiro atoms. The Bertz CT molecular complexity index is 910. The molecule has 0 aliphatic carbocycles. The Labute approximate surface area is 120 Å². The number of rotatable bonds is 2. The number of hydrogen-bond donors (Lipinski definition) is 1. The second-order valence-electron chi connectivity index (χ2n) is 4.44. The van der Waals surface area contributed by atoms with Crippen LogP contribution in [0.4, 0.5) is 5.69 Å². The minimum Gasteiger partial charge on any atom is -0.397 e. The van der Waals surface area contributed by atoms with E-state index in [9.17, 15) is 5.26 Å². The van der Waals surface area contributed by atoms with Crippen LogP contribution in [0.3, 0.4) is 0 Å². The Kier molecular flexibility index (Phi) is 2.98. The van der Waals surface area contributed by atoms with Crippen molar-refractivity contribution in [3.8, 4) is 18.0 Å². The molecule has 0 saturated heterocycles.